The molecule has 1 spiro atoms. The molecule has 0 aliphatic heterocycles. The van der Waals surface area contributed by atoms with Crippen molar-refractivity contribution < 1.29 is 14.7 Å². The van der Waals surface area contributed by atoms with Crippen LogP contribution >= 0.6 is 11.3 Å². The molecule has 3 aromatic rings. The van der Waals surface area contributed by atoms with Gasteiger partial charge in [0.05, 0.1) is 17.7 Å². The summed E-state index contributed by atoms with van der Waals surface area (Å²) in [6.45, 7) is 0.277. The summed E-state index contributed by atoms with van der Waals surface area (Å²) in [7, 11) is 1.71. The van der Waals surface area contributed by atoms with Crippen LogP contribution in [0.1, 0.15) is 71.4 Å². The summed E-state index contributed by atoms with van der Waals surface area (Å²) in [5.41, 5.74) is 8.00. The number of rotatable bonds is 6. The highest BCUT2D eigenvalue weighted by molar-refractivity contribution is 7.14. The lowest BCUT2D eigenvalue weighted by atomic mass is 9.29. The predicted octanol–water partition coefficient (Wildman–Crippen LogP) is 5.44. The van der Waals surface area contributed by atoms with Gasteiger partial charge in [0.2, 0.25) is 11.8 Å². The topological polar surface area (TPSA) is 82.5 Å². The molecule has 0 radical (unpaired) electrons. The summed E-state index contributed by atoms with van der Waals surface area (Å²) < 4.78 is 0. The molecule has 2 fully saturated rings. The molecule has 2 N–H and O–H groups in total. The van der Waals surface area contributed by atoms with E-state index >= 15 is 0 Å². The fourth-order valence-corrected chi connectivity index (χ4v) is 9.73. The molecule has 2 unspecified atom stereocenters. The van der Waals surface area contributed by atoms with Crippen molar-refractivity contribution in [1.29, 1.82) is 0 Å². The van der Waals surface area contributed by atoms with Gasteiger partial charge in [-0.25, -0.2) is 4.98 Å². The third-order valence-electron chi connectivity index (χ3n) is 10.6. The zero-order valence-corrected chi connectivity index (χ0v) is 23.2. The Balaban J connectivity index is 1.05. The molecule has 2 saturated carbocycles. The minimum Gasteiger partial charge on any atom is -0.395 e. The second-order valence-corrected chi connectivity index (χ2v) is 12.9. The van der Waals surface area contributed by atoms with Crippen LogP contribution in [0.2, 0.25) is 0 Å². The molecule has 2 amide bonds. The maximum atomic E-state index is 14.1. The van der Waals surface area contributed by atoms with Gasteiger partial charge in [-0.05, 0) is 65.3 Å². The monoisotopic (exact) mass is 549 g/mol. The number of nitrogens with one attached hydrogen (secondary N) is 1. The van der Waals surface area contributed by atoms with Crippen LogP contribution in [0.4, 0.5) is 5.13 Å². The number of aromatic nitrogens is 1. The molecule has 5 aliphatic rings. The van der Waals surface area contributed by atoms with E-state index in [9.17, 15) is 9.59 Å². The molecule has 2 atom stereocenters. The van der Waals surface area contributed by atoms with Gasteiger partial charge in [0, 0.05) is 35.9 Å². The van der Waals surface area contributed by atoms with Gasteiger partial charge in [-0.1, -0.05) is 60.7 Å². The van der Waals surface area contributed by atoms with E-state index in [4.69, 9.17) is 10.1 Å². The molecule has 1 aromatic heterocycles. The number of thiazole rings is 1. The molecule has 1 heterocycles. The van der Waals surface area contributed by atoms with Crippen LogP contribution in [0.5, 0.6) is 0 Å². The van der Waals surface area contributed by atoms with Gasteiger partial charge in [0.15, 0.2) is 5.13 Å². The summed E-state index contributed by atoms with van der Waals surface area (Å²) in [6, 6.07) is 17.7. The SMILES string of the molecule is CN(CCO)C(=O)C1=CC=C(c2csc(NC(=O)C34CC5c6ccccc6C6c7ccccc7C(C3)C564)n2)CC1. The Morgan fingerprint density at radius 2 is 1.65 bits per heavy atom. The Kier molecular flexibility index (Phi) is 5.14. The standard InChI is InChI=1S/C33H31N3O3S/c1-36(14-15-37)29(38)20-12-10-19(11-13-20)27-18-40-31(34-27)35-30(39)32-16-25-21-6-2-4-8-23(21)28-24-9-5-3-7-22(24)26(17-32)33(25,28)32/h2-10,12,18,25-26,28,37H,11,13-17H2,1H3,(H,34,35,39). The van der Waals surface area contributed by atoms with E-state index in [1.54, 1.807) is 11.9 Å². The highest BCUT2D eigenvalue weighted by atomic mass is 32.1. The second-order valence-electron chi connectivity index (χ2n) is 12.0. The van der Waals surface area contributed by atoms with Crippen molar-refractivity contribution in [1.82, 2.24) is 9.88 Å². The van der Waals surface area contributed by atoms with E-state index in [-0.39, 0.29) is 29.3 Å². The number of likely N-dealkylation sites (N-methyl/N-ethyl adjacent to an activating group) is 1. The Bertz CT molecular complexity index is 1590. The number of amides is 2. The smallest absolute Gasteiger partial charge is 0.249 e. The minimum absolute atomic E-state index is 0.0474. The summed E-state index contributed by atoms with van der Waals surface area (Å²) in [5.74, 6) is 1.24. The molecule has 202 valence electrons. The minimum atomic E-state index is -0.362. The van der Waals surface area contributed by atoms with Gasteiger partial charge in [0.1, 0.15) is 0 Å². The largest absolute Gasteiger partial charge is 0.395 e. The number of allylic oxidation sites excluding steroid dienone is 3. The van der Waals surface area contributed by atoms with Gasteiger partial charge in [0.25, 0.3) is 0 Å². The zero-order chi connectivity index (χ0) is 27.2. The van der Waals surface area contributed by atoms with Crippen LogP contribution < -0.4 is 5.32 Å². The van der Waals surface area contributed by atoms with Crippen LogP contribution in [0.15, 0.2) is 71.6 Å². The summed E-state index contributed by atoms with van der Waals surface area (Å²) in [4.78, 5) is 33.0. The molecule has 6 nitrogen and oxygen atoms in total. The van der Waals surface area contributed by atoms with Crippen LogP contribution in [0.25, 0.3) is 5.57 Å². The number of carbonyl (C=O) groups is 2. The van der Waals surface area contributed by atoms with E-state index in [1.807, 2.05) is 17.5 Å². The molecule has 40 heavy (non-hydrogen) atoms. The molecule has 5 aliphatic carbocycles. The summed E-state index contributed by atoms with van der Waals surface area (Å²) in [5, 5.41) is 15.0. The Morgan fingerprint density at radius 3 is 2.25 bits per heavy atom. The molecule has 0 saturated heterocycles. The van der Waals surface area contributed by atoms with E-state index < -0.39 is 0 Å². The number of hydrogen-bond donors (Lipinski definition) is 2. The third-order valence-corrected chi connectivity index (χ3v) is 11.4. The number of aliphatic hydroxyl groups is 1. The molecule has 7 heteroatoms. The first kappa shape index (κ1) is 24.3. The Hall–Kier alpha value is -3.55. The quantitative estimate of drug-likeness (QED) is 0.429. The van der Waals surface area contributed by atoms with Crippen LogP contribution in [0, 0.1) is 10.8 Å². The number of anilines is 1. The summed E-state index contributed by atoms with van der Waals surface area (Å²) >= 11 is 1.47. The van der Waals surface area contributed by atoms with Crippen LogP contribution in [-0.4, -0.2) is 47.0 Å². The first-order valence-corrected chi connectivity index (χ1v) is 15.1. The van der Waals surface area contributed by atoms with Gasteiger partial charge in [-0.3, -0.25) is 9.59 Å². The van der Waals surface area contributed by atoms with Crippen molar-refractivity contribution in [2.45, 2.75) is 43.4 Å². The molecular weight excluding hydrogens is 518 g/mol. The molecule has 2 aromatic carbocycles. The van der Waals surface area contributed by atoms with Crippen LogP contribution in [-0.2, 0) is 9.59 Å². The molecule has 0 bridgehead atoms. The number of nitrogens with zero attached hydrogens (tertiary/aromatic N) is 2. The van der Waals surface area contributed by atoms with Crippen LogP contribution in [0.3, 0.4) is 0 Å². The van der Waals surface area contributed by atoms with Crippen molar-refractivity contribution in [2.75, 3.05) is 25.5 Å². The number of benzene rings is 2. The van der Waals surface area contributed by atoms with E-state index in [0.29, 0.717) is 35.9 Å². The Morgan fingerprint density at radius 1 is 1.00 bits per heavy atom. The van der Waals surface area contributed by atoms with E-state index in [1.165, 1.54) is 33.6 Å². The number of carbonyl (C=O) groups excluding carboxylic acids is 2. The predicted molar refractivity (Wildman–Crippen MR) is 155 cm³/mol. The fourth-order valence-electron chi connectivity index (χ4n) is 9.00. The maximum absolute atomic E-state index is 14.1. The first-order chi connectivity index (χ1) is 19.5. The lowest BCUT2D eigenvalue weighted by Gasteiger charge is -2.72. The maximum Gasteiger partial charge on any atom is 0.249 e. The zero-order valence-electron chi connectivity index (χ0n) is 22.4. The fraction of sp³-hybridized carbons (Fsp3) is 0.364. The highest BCUT2D eigenvalue weighted by Crippen LogP contribution is 2.91. The number of aliphatic hydroxyl groups excluding tert-OH is 1. The van der Waals surface area contributed by atoms with Crippen molar-refractivity contribution in [3.63, 3.8) is 0 Å². The van der Waals surface area contributed by atoms with Crippen molar-refractivity contribution in [3.8, 4) is 0 Å². The van der Waals surface area contributed by atoms with Crippen molar-refractivity contribution >= 4 is 33.9 Å². The average molecular weight is 550 g/mol. The van der Waals surface area contributed by atoms with Gasteiger partial charge >= 0.3 is 0 Å². The number of hydrogen-bond acceptors (Lipinski definition) is 5. The molecular formula is C33H31N3O3S. The lowest BCUT2D eigenvalue weighted by Crippen LogP contribution is -2.71. The lowest BCUT2D eigenvalue weighted by molar-refractivity contribution is -0.208. The number of fused-ring (bicyclic) bond motifs is 6. The van der Waals surface area contributed by atoms with Crippen molar-refractivity contribution in [3.05, 3.63) is 99.6 Å². The van der Waals surface area contributed by atoms with Gasteiger partial charge in [-0.15, -0.1) is 11.3 Å². The average Bonchev–Trinajstić information content (AvgIpc) is 3.63. The van der Waals surface area contributed by atoms with E-state index in [0.717, 1.165) is 36.1 Å². The molecule has 8 rings (SSSR count). The van der Waals surface area contributed by atoms with Crippen molar-refractivity contribution in [2.24, 2.45) is 10.8 Å². The van der Waals surface area contributed by atoms with Gasteiger partial charge < -0.3 is 15.3 Å². The van der Waals surface area contributed by atoms with Gasteiger partial charge in [-0.2, -0.15) is 0 Å². The normalized spacial score (nSPS) is 30.0. The second kappa shape index (κ2) is 8.48. The summed E-state index contributed by atoms with van der Waals surface area (Å²) in [6.07, 6.45) is 7.00. The Labute approximate surface area is 237 Å². The highest BCUT2D eigenvalue weighted by Gasteiger charge is 2.86. The van der Waals surface area contributed by atoms with E-state index in [2.05, 4.69) is 53.8 Å². The first-order valence-electron chi connectivity index (χ1n) is 14.2. The third kappa shape index (κ3) is 2.89.